The van der Waals surface area contributed by atoms with E-state index in [1.807, 2.05) is 20.8 Å². The largest absolute Gasteiger partial charge is 0.481 e. The van der Waals surface area contributed by atoms with Gasteiger partial charge < -0.3 is 20.5 Å². The van der Waals surface area contributed by atoms with Crippen molar-refractivity contribution in [2.24, 2.45) is 11.8 Å². The van der Waals surface area contributed by atoms with Crippen LogP contribution in [0.2, 0.25) is 0 Å². The van der Waals surface area contributed by atoms with Gasteiger partial charge in [-0.1, -0.05) is 26.0 Å². The van der Waals surface area contributed by atoms with Crippen molar-refractivity contribution < 1.29 is 19.4 Å². The highest BCUT2D eigenvalue weighted by Crippen LogP contribution is 2.10. The minimum Gasteiger partial charge on any atom is -0.481 e. The van der Waals surface area contributed by atoms with E-state index in [9.17, 15) is 9.59 Å². The van der Waals surface area contributed by atoms with Gasteiger partial charge in [0.1, 0.15) is 0 Å². The predicted molar refractivity (Wildman–Crippen MR) is 77.6 cm³/mol. The molecule has 0 rings (SSSR count). The van der Waals surface area contributed by atoms with Gasteiger partial charge in [-0.05, 0) is 19.3 Å². The molecule has 2 amide bonds. The zero-order valence-electron chi connectivity index (χ0n) is 12.6. The summed E-state index contributed by atoms with van der Waals surface area (Å²) in [5.74, 6) is -1.17. The second-order valence-electron chi connectivity index (χ2n) is 5.31. The van der Waals surface area contributed by atoms with Crippen molar-refractivity contribution in [3.05, 3.63) is 12.2 Å². The van der Waals surface area contributed by atoms with Crippen LogP contribution in [-0.2, 0) is 9.53 Å². The van der Waals surface area contributed by atoms with Crippen molar-refractivity contribution in [3.8, 4) is 0 Å². The Kier molecular flexibility index (Phi) is 9.45. The van der Waals surface area contributed by atoms with Crippen LogP contribution in [0.3, 0.4) is 0 Å². The third-order valence-corrected chi connectivity index (χ3v) is 2.49. The molecule has 1 unspecified atom stereocenters. The van der Waals surface area contributed by atoms with Crippen molar-refractivity contribution in [2.45, 2.75) is 27.2 Å². The fraction of sp³-hybridized carbons (Fsp3) is 0.714. The average Bonchev–Trinajstić information content (AvgIpc) is 2.32. The first-order chi connectivity index (χ1) is 9.32. The van der Waals surface area contributed by atoms with Gasteiger partial charge >= 0.3 is 12.0 Å². The first-order valence-electron chi connectivity index (χ1n) is 6.79. The molecular formula is C14H26N2O4. The molecule has 6 heteroatoms. The van der Waals surface area contributed by atoms with Gasteiger partial charge in [0.2, 0.25) is 0 Å². The van der Waals surface area contributed by atoms with Gasteiger partial charge in [-0.2, -0.15) is 0 Å². The van der Waals surface area contributed by atoms with Crippen LogP contribution in [0.15, 0.2) is 12.2 Å². The third kappa shape index (κ3) is 10.4. The van der Waals surface area contributed by atoms with Gasteiger partial charge in [0, 0.05) is 13.1 Å². The van der Waals surface area contributed by atoms with Crippen molar-refractivity contribution in [2.75, 3.05) is 26.3 Å². The molecule has 0 aliphatic heterocycles. The van der Waals surface area contributed by atoms with E-state index >= 15 is 0 Å². The summed E-state index contributed by atoms with van der Waals surface area (Å²) in [4.78, 5) is 22.5. The van der Waals surface area contributed by atoms with E-state index in [1.165, 1.54) is 0 Å². The lowest BCUT2D eigenvalue weighted by Gasteiger charge is -2.15. The number of hydrogen-bond acceptors (Lipinski definition) is 3. The molecule has 0 radical (unpaired) electrons. The topological polar surface area (TPSA) is 87.7 Å². The second kappa shape index (κ2) is 10.3. The Morgan fingerprint density at radius 3 is 2.45 bits per heavy atom. The highest BCUT2D eigenvalue weighted by Gasteiger charge is 2.19. The van der Waals surface area contributed by atoms with Crippen molar-refractivity contribution in [3.63, 3.8) is 0 Å². The lowest BCUT2D eigenvalue weighted by atomic mass is 9.97. The molecule has 0 aliphatic carbocycles. The normalized spacial score (nSPS) is 12.0. The number of carboxylic acid groups (broad SMARTS) is 1. The second-order valence-corrected chi connectivity index (χ2v) is 5.31. The van der Waals surface area contributed by atoms with Gasteiger partial charge in [0.05, 0.1) is 19.1 Å². The summed E-state index contributed by atoms with van der Waals surface area (Å²) in [6.45, 7) is 10.8. The Bertz CT molecular complexity index is 329. The number of carboxylic acids is 1. The van der Waals surface area contributed by atoms with Crippen LogP contribution in [0, 0.1) is 11.8 Å². The number of aliphatic carboxylic acids is 1. The maximum absolute atomic E-state index is 11.5. The fourth-order valence-electron chi connectivity index (χ4n) is 1.60. The molecule has 116 valence electrons. The molecule has 0 saturated carbocycles. The van der Waals surface area contributed by atoms with Crippen LogP contribution in [0.1, 0.15) is 27.2 Å². The molecule has 0 fully saturated rings. The molecule has 0 saturated heterocycles. The van der Waals surface area contributed by atoms with Gasteiger partial charge in [0.15, 0.2) is 0 Å². The fourth-order valence-corrected chi connectivity index (χ4v) is 1.60. The molecule has 0 aromatic rings. The standard InChI is InChI=1S/C14H26N2O4/c1-10(2)7-12(13(17)18)8-16-14(19)15-5-6-20-9-11(3)4/h10,12H,3,5-9H2,1-2,4H3,(H,17,18)(H2,15,16,19). The zero-order valence-corrected chi connectivity index (χ0v) is 12.6. The number of ether oxygens (including phenoxy) is 1. The molecule has 0 aromatic carbocycles. The zero-order chi connectivity index (χ0) is 15.5. The Morgan fingerprint density at radius 1 is 1.30 bits per heavy atom. The number of hydrogen-bond donors (Lipinski definition) is 3. The quantitative estimate of drug-likeness (QED) is 0.421. The van der Waals surface area contributed by atoms with Crippen LogP contribution in [0.4, 0.5) is 4.79 Å². The van der Waals surface area contributed by atoms with Crippen LogP contribution < -0.4 is 10.6 Å². The van der Waals surface area contributed by atoms with E-state index < -0.39 is 11.9 Å². The lowest BCUT2D eigenvalue weighted by Crippen LogP contribution is -2.41. The van der Waals surface area contributed by atoms with Crippen molar-refractivity contribution in [1.29, 1.82) is 0 Å². The van der Waals surface area contributed by atoms with Crippen LogP contribution in [-0.4, -0.2) is 43.4 Å². The summed E-state index contributed by atoms with van der Waals surface area (Å²) in [6, 6.07) is -0.376. The van der Waals surface area contributed by atoms with Crippen molar-refractivity contribution >= 4 is 12.0 Å². The number of rotatable bonds is 10. The highest BCUT2D eigenvalue weighted by atomic mass is 16.5. The van der Waals surface area contributed by atoms with E-state index in [0.717, 1.165) is 5.57 Å². The molecule has 0 heterocycles. The SMILES string of the molecule is C=C(C)COCCNC(=O)NCC(CC(C)C)C(=O)O. The predicted octanol–water partition coefficient (Wildman–Crippen LogP) is 1.63. The molecule has 0 aromatic heterocycles. The van der Waals surface area contributed by atoms with Crippen LogP contribution >= 0.6 is 0 Å². The van der Waals surface area contributed by atoms with Gasteiger partial charge in [-0.15, -0.1) is 0 Å². The van der Waals surface area contributed by atoms with E-state index in [4.69, 9.17) is 9.84 Å². The molecule has 0 aliphatic rings. The van der Waals surface area contributed by atoms with Gasteiger partial charge in [-0.3, -0.25) is 4.79 Å². The first-order valence-corrected chi connectivity index (χ1v) is 6.79. The maximum Gasteiger partial charge on any atom is 0.314 e. The summed E-state index contributed by atoms with van der Waals surface area (Å²) in [5, 5.41) is 14.2. The lowest BCUT2D eigenvalue weighted by molar-refractivity contribution is -0.142. The summed E-state index contributed by atoms with van der Waals surface area (Å²) in [7, 11) is 0. The molecule has 0 spiro atoms. The summed E-state index contributed by atoms with van der Waals surface area (Å²) in [6.07, 6.45) is 0.539. The van der Waals surface area contributed by atoms with E-state index in [2.05, 4.69) is 17.2 Å². The van der Waals surface area contributed by atoms with E-state index in [-0.39, 0.29) is 18.5 Å². The van der Waals surface area contributed by atoms with E-state index in [0.29, 0.717) is 26.2 Å². The van der Waals surface area contributed by atoms with Gasteiger partial charge in [0.25, 0.3) is 0 Å². The first kappa shape index (κ1) is 18.4. The van der Waals surface area contributed by atoms with E-state index in [1.54, 1.807) is 0 Å². The minimum absolute atomic E-state index is 0.131. The molecule has 1 atom stereocenters. The van der Waals surface area contributed by atoms with Crippen LogP contribution in [0.5, 0.6) is 0 Å². The minimum atomic E-state index is -0.885. The number of carbonyl (C=O) groups is 2. The Hall–Kier alpha value is -1.56. The summed E-state index contributed by atoms with van der Waals surface area (Å²) in [5.41, 5.74) is 0.924. The molecule has 3 N–H and O–H groups in total. The number of nitrogens with one attached hydrogen (secondary N) is 2. The molecular weight excluding hydrogens is 260 g/mol. The van der Waals surface area contributed by atoms with Crippen LogP contribution in [0.25, 0.3) is 0 Å². The Labute approximate surface area is 120 Å². The average molecular weight is 286 g/mol. The molecule has 0 bridgehead atoms. The summed E-state index contributed by atoms with van der Waals surface area (Å²) < 4.78 is 5.23. The smallest absolute Gasteiger partial charge is 0.314 e. The molecule has 6 nitrogen and oxygen atoms in total. The highest BCUT2D eigenvalue weighted by molar-refractivity contribution is 5.75. The monoisotopic (exact) mass is 286 g/mol. The number of amides is 2. The summed E-state index contributed by atoms with van der Waals surface area (Å²) >= 11 is 0. The third-order valence-electron chi connectivity index (χ3n) is 2.49. The maximum atomic E-state index is 11.5. The van der Waals surface area contributed by atoms with Crippen molar-refractivity contribution in [1.82, 2.24) is 10.6 Å². The van der Waals surface area contributed by atoms with Gasteiger partial charge in [-0.25, -0.2) is 4.79 Å². The Morgan fingerprint density at radius 2 is 1.95 bits per heavy atom. The Balaban J connectivity index is 3.79. The number of urea groups is 1. The number of carbonyl (C=O) groups excluding carboxylic acids is 1. The molecule has 20 heavy (non-hydrogen) atoms.